The molecule has 92 valence electrons. The molecular weight excluding hydrogens is 233 g/mol. The third kappa shape index (κ3) is 4.46. The third-order valence-electron chi connectivity index (χ3n) is 2.52. The van der Waals surface area contributed by atoms with Gasteiger partial charge in [0.2, 0.25) is 0 Å². The van der Waals surface area contributed by atoms with Crippen LogP contribution in [0.5, 0.6) is 0 Å². The van der Waals surface area contributed by atoms with Crippen molar-refractivity contribution in [2.24, 2.45) is 0 Å². The smallest absolute Gasteiger partial charge is 0.256 e. The highest BCUT2D eigenvalue weighted by atomic mass is 31.2. The van der Waals surface area contributed by atoms with E-state index in [1.165, 1.54) is 12.7 Å². The van der Waals surface area contributed by atoms with E-state index >= 15 is 0 Å². The molecule has 1 aromatic rings. The maximum Gasteiger partial charge on any atom is 0.256 e. The largest absolute Gasteiger partial charge is 0.338 e. The molecule has 4 heteroatoms. The quantitative estimate of drug-likeness (QED) is 0.622. The van der Waals surface area contributed by atoms with E-state index in [0.29, 0.717) is 6.54 Å². The molecule has 0 radical (unpaired) electrons. The van der Waals surface area contributed by atoms with Gasteiger partial charge in [-0.1, -0.05) is 36.3 Å². The first-order chi connectivity index (χ1) is 8.19. The van der Waals surface area contributed by atoms with E-state index in [0.717, 1.165) is 6.42 Å². The monoisotopic (exact) mass is 251 g/mol. The molecule has 0 amide bonds. The highest BCUT2D eigenvalue weighted by molar-refractivity contribution is 7.43. The molecule has 2 atom stereocenters. The van der Waals surface area contributed by atoms with Crippen molar-refractivity contribution in [3.8, 4) is 12.3 Å². The Labute approximate surface area is 104 Å². The minimum Gasteiger partial charge on any atom is -0.338 e. The topological polar surface area (TPSA) is 32.7 Å². The Balaban J connectivity index is 2.66. The zero-order chi connectivity index (χ0) is 12.7. The number of hydrogen-bond donors (Lipinski definition) is 1. The molecule has 1 aromatic carbocycles. The van der Waals surface area contributed by atoms with Gasteiger partial charge in [-0.3, -0.25) is 0 Å². The van der Waals surface area contributed by atoms with Crippen molar-refractivity contribution in [2.75, 3.05) is 13.7 Å². The maximum atomic E-state index is 9.77. The molecule has 1 N–H and O–H groups in total. The van der Waals surface area contributed by atoms with E-state index in [9.17, 15) is 4.89 Å². The Morgan fingerprint density at radius 3 is 2.65 bits per heavy atom. The molecule has 0 fully saturated rings. The summed E-state index contributed by atoms with van der Waals surface area (Å²) in [5.41, 5.74) is 1.22. The van der Waals surface area contributed by atoms with Gasteiger partial charge < -0.3 is 9.42 Å². The highest BCUT2D eigenvalue weighted by Gasteiger charge is 2.21. The predicted octanol–water partition coefficient (Wildman–Crippen LogP) is 2.42. The van der Waals surface area contributed by atoms with Gasteiger partial charge in [0.15, 0.2) is 0 Å². The first-order valence-electron chi connectivity index (χ1n) is 5.46. The number of terminal acetylenes is 1. The van der Waals surface area contributed by atoms with Crippen LogP contribution < -0.4 is 0 Å². The lowest BCUT2D eigenvalue weighted by atomic mass is 10.1. The van der Waals surface area contributed by atoms with Gasteiger partial charge in [0.25, 0.3) is 8.53 Å². The summed E-state index contributed by atoms with van der Waals surface area (Å²) >= 11 is 0. The molecular formula is C13H18NO2P. The number of rotatable bonds is 6. The summed E-state index contributed by atoms with van der Waals surface area (Å²) in [7, 11) is -0.102. The van der Waals surface area contributed by atoms with Crippen LogP contribution in [-0.2, 0) is 10.9 Å². The Kier molecular flexibility index (Phi) is 6.18. The van der Waals surface area contributed by atoms with Crippen LogP contribution in [-0.4, -0.2) is 29.3 Å². The molecule has 0 aliphatic carbocycles. The zero-order valence-corrected chi connectivity index (χ0v) is 11.1. The van der Waals surface area contributed by atoms with Crippen molar-refractivity contribution in [3.05, 3.63) is 35.9 Å². The Morgan fingerprint density at radius 2 is 2.12 bits per heavy atom. The summed E-state index contributed by atoms with van der Waals surface area (Å²) in [5, 5.41) is 0. The highest BCUT2D eigenvalue weighted by Crippen LogP contribution is 2.37. The van der Waals surface area contributed by atoms with Crippen LogP contribution in [0.4, 0.5) is 0 Å². The molecule has 0 aromatic heterocycles. The van der Waals surface area contributed by atoms with Crippen LogP contribution in [0.1, 0.15) is 12.5 Å². The van der Waals surface area contributed by atoms with Crippen molar-refractivity contribution in [1.82, 2.24) is 4.67 Å². The number of benzene rings is 1. The Bertz CT molecular complexity index is 363. The lowest BCUT2D eigenvalue weighted by Gasteiger charge is -2.29. The van der Waals surface area contributed by atoms with Crippen molar-refractivity contribution in [2.45, 2.75) is 19.4 Å². The van der Waals surface area contributed by atoms with Crippen LogP contribution in [0.15, 0.2) is 30.3 Å². The van der Waals surface area contributed by atoms with E-state index in [1.807, 2.05) is 29.8 Å². The second-order valence-corrected chi connectivity index (χ2v) is 5.16. The SMILES string of the molecule is C#CCN(C(C)Cc1ccccc1)P(O)OC. The Morgan fingerprint density at radius 1 is 1.47 bits per heavy atom. The minimum atomic E-state index is -1.59. The predicted molar refractivity (Wildman–Crippen MR) is 71.3 cm³/mol. The van der Waals surface area contributed by atoms with Crippen LogP contribution in [0, 0.1) is 12.3 Å². The molecule has 3 nitrogen and oxygen atoms in total. The van der Waals surface area contributed by atoms with Gasteiger partial charge in [0, 0.05) is 13.2 Å². The fraction of sp³-hybridized carbons (Fsp3) is 0.385. The van der Waals surface area contributed by atoms with Gasteiger partial charge in [0.05, 0.1) is 6.54 Å². The first kappa shape index (κ1) is 14.2. The lowest BCUT2D eigenvalue weighted by Crippen LogP contribution is -2.31. The second kappa shape index (κ2) is 7.42. The summed E-state index contributed by atoms with van der Waals surface area (Å²) in [6.45, 7) is 2.43. The van der Waals surface area contributed by atoms with E-state index in [4.69, 9.17) is 10.9 Å². The second-order valence-electron chi connectivity index (χ2n) is 3.78. The van der Waals surface area contributed by atoms with Gasteiger partial charge in [0.1, 0.15) is 0 Å². The molecule has 0 aliphatic rings. The fourth-order valence-corrected chi connectivity index (χ4v) is 2.48. The summed E-state index contributed by atoms with van der Waals surface area (Å²) in [6.07, 6.45) is 6.14. The van der Waals surface area contributed by atoms with E-state index in [2.05, 4.69) is 18.1 Å². The van der Waals surface area contributed by atoms with Crippen molar-refractivity contribution < 1.29 is 9.42 Å². The molecule has 0 heterocycles. The number of hydrogen-bond acceptors (Lipinski definition) is 3. The van der Waals surface area contributed by atoms with Crippen LogP contribution in [0.2, 0.25) is 0 Å². The fourth-order valence-electron chi connectivity index (χ4n) is 1.64. The molecule has 0 saturated heterocycles. The first-order valence-corrected chi connectivity index (χ1v) is 6.62. The summed E-state index contributed by atoms with van der Waals surface area (Å²) in [5.74, 6) is 2.55. The molecule has 0 bridgehead atoms. The van der Waals surface area contributed by atoms with Gasteiger partial charge in [-0.25, -0.2) is 4.67 Å². The van der Waals surface area contributed by atoms with Crippen molar-refractivity contribution >= 4 is 8.53 Å². The molecule has 0 aliphatic heterocycles. The molecule has 0 saturated carbocycles. The summed E-state index contributed by atoms with van der Waals surface area (Å²) in [4.78, 5) is 9.77. The average molecular weight is 251 g/mol. The van der Waals surface area contributed by atoms with E-state index in [-0.39, 0.29) is 6.04 Å². The number of nitrogens with zero attached hydrogens (tertiary/aromatic N) is 1. The van der Waals surface area contributed by atoms with Crippen LogP contribution in [0.3, 0.4) is 0 Å². The van der Waals surface area contributed by atoms with Gasteiger partial charge in [-0.2, -0.15) is 0 Å². The van der Waals surface area contributed by atoms with E-state index < -0.39 is 8.53 Å². The normalized spacial score (nSPS) is 14.3. The van der Waals surface area contributed by atoms with Gasteiger partial charge in [-0.05, 0) is 18.9 Å². The minimum absolute atomic E-state index is 0.143. The van der Waals surface area contributed by atoms with Gasteiger partial charge >= 0.3 is 0 Å². The van der Waals surface area contributed by atoms with Crippen LogP contribution in [0.25, 0.3) is 0 Å². The van der Waals surface area contributed by atoms with Crippen molar-refractivity contribution in [3.63, 3.8) is 0 Å². The van der Waals surface area contributed by atoms with Crippen molar-refractivity contribution in [1.29, 1.82) is 0 Å². The molecule has 1 rings (SSSR count). The zero-order valence-electron chi connectivity index (χ0n) is 10.2. The summed E-state index contributed by atoms with van der Waals surface area (Å²) in [6, 6.07) is 10.3. The molecule has 2 unspecified atom stereocenters. The average Bonchev–Trinajstić information content (AvgIpc) is 2.36. The van der Waals surface area contributed by atoms with Gasteiger partial charge in [-0.15, -0.1) is 6.42 Å². The maximum absolute atomic E-state index is 9.77. The van der Waals surface area contributed by atoms with Crippen LogP contribution >= 0.6 is 8.53 Å². The third-order valence-corrected chi connectivity index (χ3v) is 3.82. The Hall–Kier alpha value is -0.910. The molecule has 0 spiro atoms. The standard InChI is InChI=1S/C13H18NO2P/c1-4-10-14(17(15)16-3)12(2)11-13-8-6-5-7-9-13/h1,5-9,12,15H,10-11H2,2-3H3. The molecule has 17 heavy (non-hydrogen) atoms. The lowest BCUT2D eigenvalue weighted by molar-refractivity contribution is 0.277. The summed E-state index contributed by atoms with van der Waals surface area (Å²) < 4.78 is 6.78. The van der Waals surface area contributed by atoms with E-state index in [1.54, 1.807) is 0 Å².